The first kappa shape index (κ1) is 28.1. The number of likely N-dealkylation sites (tertiary alicyclic amines) is 1. The molecule has 206 valence electrons. The first-order chi connectivity index (χ1) is 18.7. The molecular formula is C29H33FN4O5. The van der Waals surface area contributed by atoms with E-state index in [1.54, 1.807) is 29.2 Å². The van der Waals surface area contributed by atoms with E-state index >= 15 is 0 Å². The van der Waals surface area contributed by atoms with Crippen molar-refractivity contribution in [2.45, 2.75) is 45.3 Å². The second kappa shape index (κ2) is 12.3. The average molecular weight is 537 g/mol. The summed E-state index contributed by atoms with van der Waals surface area (Å²) in [6.07, 6.45) is 1.22. The number of allylic oxidation sites excluding steroid dienone is 2. The Balaban J connectivity index is 1.44. The van der Waals surface area contributed by atoms with E-state index in [1.807, 2.05) is 19.9 Å². The molecule has 3 amide bonds. The smallest absolute Gasteiger partial charge is 0.259 e. The normalized spacial score (nSPS) is 18.7. The summed E-state index contributed by atoms with van der Waals surface area (Å²) in [6.45, 7) is 5.14. The number of ether oxygens (including phenoxy) is 1. The van der Waals surface area contributed by atoms with Crippen LogP contribution in [0.2, 0.25) is 0 Å². The van der Waals surface area contributed by atoms with Gasteiger partial charge in [-0.15, -0.1) is 0 Å². The number of nitrogens with one attached hydrogen (secondary N) is 2. The van der Waals surface area contributed by atoms with Gasteiger partial charge in [0.05, 0.1) is 12.3 Å². The standard InChI is InChI=1S/C29H33FN4O5/c1-3-6-18(2)24(31)19-7-9-22(10-8-19)32-27(36)25(35)26-29(38)34(13-14-39-26)23-16-20(15-21(30)17-23)28(37)33-11-4-5-12-33/h6-10,15-17,25-26,31,35H,3-5,11-14H2,1-2H3,(H,32,36). The second-order valence-electron chi connectivity index (χ2n) is 9.66. The number of rotatable bonds is 8. The minimum Gasteiger partial charge on any atom is -0.380 e. The lowest BCUT2D eigenvalue weighted by molar-refractivity contribution is -0.150. The summed E-state index contributed by atoms with van der Waals surface area (Å²) in [7, 11) is 0. The summed E-state index contributed by atoms with van der Waals surface area (Å²) in [5, 5.41) is 21.5. The number of anilines is 2. The van der Waals surface area contributed by atoms with Crippen molar-refractivity contribution in [1.82, 2.24) is 4.90 Å². The van der Waals surface area contributed by atoms with Gasteiger partial charge in [0.15, 0.2) is 12.2 Å². The SMILES string of the molecule is CCC=C(C)C(=N)c1ccc(NC(=O)C(O)C2OCCN(c3cc(F)cc(C(=O)N4CCCC4)c3)C2=O)cc1. The van der Waals surface area contributed by atoms with Crippen molar-refractivity contribution in [2.75, 3.05) is 36.5 Å². The molecule has 0 saturated carbocycles. The lowest BCUT2D eigenvalue weighted by atomic mass is 10.0. The first-order valence-electron chi connectivity index (χ1n) is 13.1. The Labute approximate surface area is 226 Å². The van der Waals surface area contributed by atoms with E-state index in [2.05, 4.69) is 5.32 Å². The number of carbonyl (C=O) groups excluding carboxylic acids is 3. The number of aliphatic hydroxyl groups excluding tert-OH is 1. The molecule has 4 rings (SSSR count). The maximum Gasteiger partial charge on any atom is 0.259 e. The highest BCUT2D eigenvalue weighted by Gasteiger charge is 2.39. The zero-order valence-electron chi connectivity index (χ0n) is 22.1. The van der Waals surface area contributed by atoms with E-state index in [9.17, 15) is 23.9 Å². The number of hydrogen-bond acceptors (Lipinski definition) is 6. The van der Waals surface area contributed by atoms with Crippen LogP contribution in [0.25, 0.3) is 0 Å². The quantitative estimate of drug-likeness (QED) is 0.446. The molecule has 0 aliphatic carbocycles. The van der Waals surface area contributed by atoms with Crippen LogP contribution in [-0.2, 0) is 14.3 Å². The van der Waals surface area contributed by atoms with Gasteiger partial charge in [0.2, 0.25) is 0 Å². The fourth-order valence-corrected chi connectivity index (χ4v) is 4.75. The Morgan fingerprint density at radius 2 is 1.85 bits per heavy atom. The molecule has 10 heteroatoms. The maximum absolute atomic E-state index is 14.5. The Kier molecular flexibility index (Phi) is 8.88. The fourth-order valence-electron chi connectivity index (χ4n) is 4.75. The van der Waals surface area contributed by atoms with Gasteiger partial charge >= 0.3 is 0 Å². The Morgan fingerprint density at radius 3 is 2.51 bits per heavy atom. The molecule has 2 aliphatic rings. The van der Waals surface area contributed by atoms with Crippen molar-refractivity contribution < 1.29 is 28.6 Å². The molecule has 2 heterocycles. The van der Waals surface area contributed by atoms with Gasteiger partial charge in [-0.3, -0.25) is 14.4 Å². The summed E-state index contributed by atoms with van der Waals surface area (Å²) in [5.74, 6) is -2.52. The molecule has 2 aromatic carbocycles. The number of nitrogens with zero attached hydrogens (tertiary/aromatic N) is 2. The molecule has 9 nitrogen and oxygen atoms in total. The molecule has 2 saturated heterocycles. The van der Waals surface area contributed by atoms with Gasteiger partial charge in [-0.25, -0.2) is 4.39 Å². The number of amides is 3. The minimum atomic E-state index is -1.83. The second-order valence-corrected chi connectivity index (χ2v) is 9.66. The van der Waals surface area contributed by atoms with Crippen molar-refractivity contribution in [3.05, 3.63) is 71.1 Å². The molecule has 2 fully saturated rings. The molecule has 0 spiro atoms. The van der Waals surface area contributed by atoms with Gasteiger partial charge < -0.3 is 30.4 Å². The van der Waals surface area contributed by atoms with E-state index in [-0.39, 0.29) is 30.3 Å². The molecule has 2 unspecified atom stereocenters. The van der Waals surface area contributed by atoms with Crippen molar-refractivity contribution in [3.8, 4) is 0 Å². The molecule has 0 aromatic heterocycles. The monoisotopic (exact) mass is 536 g/mol. The third-order valence-electron chi connectivity index (χ3n) is 6.86. The predicted molar refractivity (Wildman–Crippen MR) is 146 cm³/mol. The lowest BCUT2D eigenvalue weighted by Gasteiger charge is -2.34. The highest BCUT2D eigenvalue weighted by atomic mass is 19.1. The van der Waals surface area contributed by atoms with E-state index in [4.69, 9.17) is 10.1 Å². The van der Waals surface area contributed by atoms with Crippen LogP contribution in [-0.4, -0.2) is 71.9 Å². The largest absolute Gasteiger partial charge is 0.380 e. The number of benzene rings is 2. The third kappa shape index (κ3) is 6.40. The maximum atomic E-state index is 14.5. The molecule has 0 radical (unpaired) electrons. The van der Waals surface area contributed by atoms with Crippen molar-refractivity contribution in [2.24, 2.45) is 0 Å². The zero-order chi connectivity index (χ0) is 28.1. The van der Waals surface area contributed by atoms with Gasteiger partial charge in [0.25, 0.3) is 17.7 Å². The molecule has 39 heavy (non-hydrogen) atoms. The number of halogens is 1. The van der Waals surface area contributed by atoms with Crippen LogP contribution in [0.1, 0.15) is 49.0 Å². The summed E-state index contributed by atoms with van der Waals surface area (Å²) >= 11 is 0. The van der Waals surface area contributed by atoms with Crippen LogP contribution in [0.3, 0.4) is 0 Å². The Hall–Kier alpha value is -3.89. The zero-order valence-corrected chi connectivity index (χ0v) is 22.1. The predicted octanol–water partition coefficient (Wildman–Crippen LogP) is 3.52. The van der Waals surface area contributed by atoms with Crippen molar-refractivity contribution >= 4 is 34.8 Å². The van der Waals surface area contributed by atoms with Crippen LogP contribution in [0.4, 0.5) is 15.8 Å². The summed E-state index contributed by atoms with van der Waals surface area (Å²) in [6, 6.07) is 10.3. The van der Waals surface area contributed by atoms with Gasteiger partial charge in [-0.1, -0.05) is 25.1 Å². The van der Waals surface area contributed by atoms with E-state index in [0.717, 1.165) is 37.0 Å². The van der Waals surface area contributed by atoms with E-state index < -0.39 is 29.8 Å². The fraction of sp³-hybridized carbons (Fsp3) is 0.379. The van der Waals surface area contributed by atoms with Crippen LogP contribution >= 0.6 is 0 Å². The lowest BCUT2D eigenvalue weighted by Crippen LogP contribution is -2.55. The minimum absolute atomic E-state index is 0.00804. The number of morpholine rings is 1. The van der Waals surface area contributed by atoms with Crippen LogP contribution in [0, 0.1) is 11.2 Å². The molecule has 2 aromatic rings. The molecule has 2 atom stereocenters. The highest BCUT2D eigenvalue weighted by Crippen LogP contribution is 2.25. The van der Waals surface area contributed by atoms with Gasteiger partial charge in [0.1, 0.15) is 5.82 Å². The van der Waals surface area contributed by atoms with Crippen LogP contribution < -0.4 is 10.2 Å². The number of hydrogen-bond donors (Lipinski definition) is 3. The molecule has 2 aliphatic heterocycles. The number of aliphatic hydroxyl groups is 1. The molecule has 0 bridgehead atoms. The van der Waals surface area contributed by atoms with Gasteiger partial charge in [0, 0.05) is 36.6 Å². The Bertz CT molecular complexity index is 1290. The van der Waals surface area contributed by atoms with Crippen LogP contribution in [0.15, 0.2) is 54.1 Å². The Morgan fingerprint density at radius 1 is 1.15 bits per heavy atom. The summed E-state index contributed by atoms with van der Waals surface area (Å²) in [5.41, 5.74) is 2.57. The topological polar surface area (TPSA) is 123 Å². The van der Waals surface area contributed by atoms with E-state index in [1.165, 1.54) is 11.0 Å². The van der Waals surface area contributed by atoms with Crippen molar-refractivity contribution in [1.29, 1.82) is 5.41 Å². The molecule has 3 N–H and O–H groups in total. The third-order valence-corrected chi connectivity index (χ3v) is 6.86. The van der Waals surface area contributed by atoms with Gasteiger partial charge in [-0.2, -0.15) is 0 Å². The summed E-state index contributed by atoms with van der Waals surface area (Å²) in [4.78, 5) is 41.7. The average Bonchev–Trinajstić information content (AvgIpc) is 3.47. The number of carbonyl (C=O) groups is 3. The highest BCUT2D eigenvalue weighted by molar-refractivity contribution is 6.10. The van der Waals surface area contributed by atoms with E-state index in [0.29, 0.717) is 30.1 Å². The molecular weight excluding hydrogens is 503 g/mol. The van der Waals surface area contributed by atoms with Crippen LogP contribution in [0.5, 0.6) is 0 Å². The van der Waals surface area contributed by atoms with Crippen molar-refractivity contribution in [3.63, 3.8) is 0 Å². The van der Waals surface area contributed by atoms with Gasteiger partial charge in [-0.05, 0) is 67.7 Å². The summed E-state index contributed by atoms with van der Waals surface area (Å²) < 4.78 is 19.9. The first-order valence-corrected chi connectivity index (χ1v) is 13.1.